The number of hydrogen-bond donors (Lipinski definition) is 2. The Morgan fingerprint density at radius 2 is 2.18 bits per heavy atom. The molecular formula is C11H17N3O3. The molecule has 0 aliphatic carbocycles. The highest BCUT2D eigenvalue weighted by molar-refractivity contribution is 5.44. The van der Waals surface area contributed by atoms with Crippen LogP contribution in [0, 0.1) is 10.1 Å². The molecule has 0 bridgehead atoms. The van der Waals surface area contributed by atoms with Crippen molar-refractivity contribution < 1.29 is 10.0 Å². The number of aromatic nitrogens is 1. The zero-order valence-electron chi connectivity index (χ0n) is 10.0. The second-order valence-corrected chi connectivity index (χ2v) is 3.94. The van der Waals surface area contributed by atoms with Gasteiger partial charge in [0.25, 0.3) is 5.69 Å². The number of hydrogen-bond acceptors (Lipinski definition) is 5. The second kappa shape index (κ2) is 5.58. The van der Waals surface area contributed by atoms with E-state index in [4.69, 9.17) is 0 Å². The molecule has 0 aliphatic heterocycles. The summed E-state index contributed by atoms with van der Waals surface area (Å²) in [5.41, 5.74) is -0.814. The lowest BCUT2D eigenvalue weighted by Gasteiger charge is -2.25. The third-order valence-corrected chi connectivity index (χ3v) is 2.87. The highest BCUT2D eigenvalue weighted by Gasteiger charge is 2.22. The number of rotatable bonds is 6. The van der Waals surface area contributed by atoms with Gasteiger partial charge in [0.05, 0.1) is 16.6 Å². The summed E-state index contributed by atoms with van der Waals surface area (Å²) < 4.78 is 0. The van der Waals surface area contributed by atoms with E-state index in [1.807, 2.05) is 13.8 Å². The fourth-order valence-electron chi connectivity index (χ4n) is 1.38. The van der Waals surface area contributed by atoms with E-state index in [1.54, 1.807) is 0 Å². The molecule has 0 saturated heterocycles. The largest absolute Gasteiger partial charge is 0.388 e. The van der Waals surface area contributed by atoms with Crippen LogP contribution >= 0.6 is 0 Å². The van der Waals surface area contributed by atoms with Gasteiger partial charge < -0.3 is 10.4 Å². The molecule has 0 fully saturated rings. The second-order valence-electron chi connectivity index (χ2n) is 3.94. The standard InChI is InChI=1S/C11H17N3O3/c1-3-11(15,4-2)8-13-10-7-9(14(16)17)5-6-12-10/h5-7,15H,3-4,8H2,1-2H3,(H,12,13). The number of aliphatic hydroxyl groups is 1. The van der Waals surface area contributed by atoms with E-state index in [-0.39, 0.29) is 5.69 Å². The maximum atomic E-state index is 10.6. The smallest absolute Gasteiger partial charge is 0.274 e. The van der Waals surface area contributed by atoms with Crippen molar-refractivity contribution in [1.29, 1.82) is 0 Å². The van der Waals surface area contributed by atoms with E-state index in [0.717, 1.165) is 0 Å². The van der Waals surface area contributed by atoms with Gasteiger partial charge in [-0.1, -0.05) is 13.8 Å². The van der Waals surface area contributed by atoms with E-state index in [2.05, 4.69) is 10.3 Å². The van der Waals surface area contributed by atoms with Gasteiger partial charge in [0.15, 0.2) is 0 Å². The van der Waals surface area contributed by atoms with Crippen LogP contribution in [0.15, 0.2) is 18.3 Å². The summed E-state index contributed by atoms with van der Waals surface area (Å²) in [7, 11) is 0. The first-order valence-corrected chi connectivity index (χ1v) is 5.57. The highest BCUT2D eigenvalue weighted by Crippen LogP contribution is 2.18. The normalized spacial score (nSPS) is 11.2. The van der Waals surface area contributed by atoms with Crippen LogP contribution in [0.4, 0.5) is 11.5 Å². The van der Waals surface area contributed by atoms with Crippen molar-refractivity contribution in [2.24, 2.45) is 0 Å². The average molecular weight is 239 g/mol. The quantitative estimate of drug-likeness (QED) is 0.585. The van der Waals surface area contributed by atoms with Crippen LogP contribution in [0.2, 0.25) is 0 Å². The first-order chi connectivity index (χ1) is 8.00. The Bertz CT molecular complexity index is 391. The van der Waals surface area contributed by atoms with E-state index in [1.165, 1.54) is 18.3 Å². The minimum atomic E-state index is -0.799. The molecule has 1 rings (SSSR count). The lowest BCUT2D eigenvalue weighted by atomic mass is 9.98. The molecule has 0 aliphatic rings. The Kier molecular flexibility index (Phi) is 4.39. The van der Waals surface area contributed by atoms with E-state index in [0.29, 0.717) is 25.2 Å². The molecule has 1 aromatic heterocycles. The first-order valence-electron chi connectivity index (χ1n) is 5.57. The van der Waals surface area contributed by atoms with Crippen molar-refractivity contribution in [2.75, 3.05) is 11.9 Å². The fourth-order valence-corrected chi connectivity index (χ4v) is 1.38. The topological polar surface area (TPSA) is 88.3 Å². The summed E-state index contributed by atoms with van der Waals surface area (Å²) in [6.45, 7) is 4.12. The number of nitro groups is 1. The van der Waals surface area contributed by atoms with Crippen molar-refractivity contribution in [3.63, 3.8) is 0 Å². The molecule has 0 amide bonds. The van der Waals surface area contributed by atoms with Gasteiger partial charge in [-0.3, -0.25) is 10.1 Å². The van der Waals surface area contributed by atoms with Gasteiger partial charge in [0.1, 0.15) is 5.82 Å². The van der Waals surface area contributed by atoms with Gasteiger partial charge in [-0.2, -0.15) is 0 Å². The molecule has 0 radical (unpaired) electrons. The van der Waals surface area contributed by atoms with Crippen molar-refractivity contribution in [3.05, 3.63) is 28.4 Å². The molecule has 94 valence electrons. The number of anilines is 1. The fraction of sp³-hybridized carbons (Fsp3) is 0.545. The van der Waals surface area contributed by atoms with Crippen LogP contribution in [0.5, 0.6) is 0 Å². The minimum Gasteiger partial charge on any atom is -0.388 e. The maximum Gasteiger partial charge on any atom is 0.274 e. The summed E-state index contributed by atoms with van der Waals surface area (Å²) in [6, 6.07) is 2.68. The molecule has 0 saturated carbocycles. The van der Waals surface area contributed by atoms with Crippen LogP contribution in [0.3, 0.4) is 0 Å². The summed E-state index contributed by atoms with van der Waals surface area (Å²) >= 11 is 0. The molecule has 17 heavy (non-hydrogen) atoms. The molecule has 1 heterocycles. The lowest BCUT2D eigenvalue weighted by molar-refractivity contribution is -0.384. The first kappa shape index (κ1) is 13.4. The van der Waals surface area contributed by atoms with Crippen LogP contribution < -0.4 is 5.32 Å². The molecule has 2 N–H and O–H groups in total. The van der Waals surface area contributed by atoms with Crippen LogP contribution in [-0.2, 0) is 0 Å². The van der Waals surface area contributed by atoms with Crippen molar-refractivity contribution in [2.45, 2.75) is 32.3 Å². The van der Waals surface area contributed by atoms with Gasteiger partial charge in [-0.15, -0.1) is 0 Å². The molecule has 0 unspecified atom stereocenters. The zero-order chi connectivity index (χ0) is 12.9. The molecule has 0 atom stereocenters. The van der Waals surface area contributed by atoms with Crippen LogP contribution in [-0.4, -0.2) is 27.2 Å². The average Bonchev–Trinajstić information content (AvgIpc) is 2.36. The Hall–Kier alpha value is -1.69. The summed E-state index contributed by atoms with van der Waals surface area (Å²) in [4.78, 5) is 14.1. The summed E-state index contributed by atoms with van der Waals surface area (Å²) in [6.07, 6.45) is 2.61. The molecule has 0 aromatic carbocycles. The monoisotopic (exact) mass is 239 g/mol. The van der Waals surface area contributed by atoms with Crippen LogP contribution in [0.1, 0.15) is 26.7 Å². The summed E-state index contributed by atoms with van der Waals surface area (Å²) in [5.74, 6) is 0.402. The van der Waals surface area contributed by atoms with Gasteiger partial charge in [-0.05, 0) is 12.8 Å². The molecule has 0 spiro atoms. The Labute approximate surface area is 99.8 Å². The van der Waals surface area contributed by atoms with Gasteiger partial charge >= 0.3 is 0 Å². The van der Waals surface area contributed by atoms with E-state index < -0.39 is 10.5 Å². The third kappa shape index (κ3) is 3.67. The predicted octanol–water partition coefficient (Wildman–Crippen LogP) is 1.95. The maximum absolute atomic E-state index is 10.6. The Morgan fingerprint density at radius 1 is 1.53 bits per heavy atom. The van der Waals surface area contributed by atoms with Gasteiger partial charge in [0, 0.05) is 18.8 Å². The zero-order valence-corrected chi connectivity index (χ0v) is 10.0. The highest BCUT2D eigenvalue weighted by atomic mass is 16.6. The van der Waals surface area contributed by atoms with Gasteiger partial charge in [-0.25, -0.2) is 4.98 Å². The predicted molar refractivity (Wildman–Crippen MR) is 64.9 cm³/mol. The van der Waals surface area contributed by atoms with Gasteiger partial charge in [0.2, 0.25) is 0 Å². The van der Waals surface area contributed by atoms with E-state index >= 15 is 0 Å². The van der Waals surface area contributed by atoms with E-state index in [9.17, 15) is 15.2 Å². The minimum absolute atomic E-state index is 0.0148. The van der Waals surface area contributed by atoms with Crippen molar-refractivity contribution in [3.8, 4) is 0 Å². The summed E-state index contributed by atoms with van der Waals surface area (Å²) in [5, 5.41) is 23.5. The number of nitrogens with zero attached hydrogens (tertiary/aromatic N) is 2. The number of nitrogens with one attached hydrogen (secondary N) is 1. The molecular weight excluding hydrogens is 222 g/mol. The van der Waals surface area contributed by atoms with Crippen molar-refractivity contribution in [1.82, 2.24) is 4.98 Å². The molecule has 6 heteroatoms. The SMILES string of the molecule is CCC(O)(CC)CNc1cc([N+](=O)[O-])ccn1. The Morgan fingerprint density at radius 3 is 2.71 bits per heavy atom. The van der Waals surface area contributed by atoms with Crippen LogP contribution in [0.25, 0.3) is 0 Å². The molecule has 1 aromatic rings. The Balaban J connectivity index is 2.69. The number of pyridine rings is 1. The molecule has 6 nitrogen and oxygen atoms in total. The lowest BCUT2D eigenvalue weighted by Crippen LogP contribution is -2.35. The third-order valence-electron chi connectivity index (χ3n) is 2.87. The van der Waals surface area contributed by atoms with Crippen molar-refractivity contribution >= 4 is 11.5 Å².